The Morgan fingerprint density at radius 1 is 1.67 bits per heavy atom. The summed E-state index contributed by atoms with van der Waals surface area (Å²) in [5.41, 5.74) is 0.727. The van der Waals surface area contributed by atoms with Crippen molar-refractivity contribution in [1.29, 1.82) is 0 Å². The predicted octanol–water partition coefficient (Wildman–Crippen LogP) is 1.44. The van der Waals surface area contributed by atoms with Gasteiger partial charge in [-0.3, -0.25) is 4.79 Å². The number of nitrogens with zero attached hydrogens (tertiary/aromatic N) is 2. The van der Waals surface area contributed by atoms with E-state index in [-0.39, 0.29) is 5.56 Å². The molecule has 2 heterocycles. The van der Waals surface area contributed by atoms with Gasteiger partial charge in [0, 0.05) is 13.1 Å². The van der Waals surface area contributed by atoms with E-state index in [9.17, 15) is 4.79 Å². The highest BCUT2D eigenvalue weighted by molar-refractivity contribution is 9.10. The van der Waals surface area contributed by atoms with Crippen molar-refractivity contribution in [2.75, 3.05) is 25.0 Å². The Morgan fingerprint density at radius 2 is 2.50 bits per heavy atom. The quantitative estimate of drug-likeness (QED) is 0.863. The van der Waals surface area contributed by atoms with Crippen LogP contribution in [0, 0.1) is 5.92 Å². The van der Waals surface area contributed by atoms with Gasteiger partial charge >= 0.3 is 0 Å². The number of rotatable bonds is 5. The minimum Gasteiger partial charge on any atom is -0.382 e. The summed E-state index contributed by atoms with van der Waals surface area (Å²) in [7, 11) is 0. The van der Waals surface area contributed by atoms with E-state index in [0.717, 1.165) is 31.7 Å². The summed E-state index contributed by atoms with van der Waals surface area (Å²) in [6, 6.07) is 0. The van der Waals surface area contributed by atoms with E-state index in [2.05, 4.69) is 31.7 Å². The maximum atomic E-state index is 12.0. The standard InChI is InChI=1S/C12H19BrN4O/c1-2-5-17-12(18)11(13)10(8-16-17)15-7-9-3-4-14-6-9/h8-9,14-15H,2-7H2,1H3. The molecule has 0 bridgehead atoms. The SMILES string of the molecule is CCCn1ncc(NCC2CCNC2)c(Br)c1=O. The van der Waals surface area contributed by atoms with Gasteiger partial charge in [-0.1, -0.05) is 6.92 Å². The zero-order valence-corrected chi connectivity index (χ0v) is 12.2. The van der Waals surface area contributed by atoms with Gasteiger partial charge < -0.3 is 10.6 Å². The van der Waals surface area contributed by atoms with Gasteiger partial charge in [0.25, 0.3) is 5.56 Å². The molecule has 2 N–H and O–H groups in total. The van der Waals surface area contributed by atoms with E-state index in [1.807, 2.05) is 6.92 Å². The Labute approximate surface area is 115 Å². The average Bonchev–Trinajstić information content (AvgIpc) is 2.87. The van der Waals surface area contributed by atoms with Crippen LogP contribution in [0.3, 0.4) is 0 Å². The second-order valence-corrected chi connectivity index (χ2v) is 5.43. The summed E-state index contributed by atoms with van der Waals surface area (Å²) in [5, 5.41) is 10.8. The lowest BCUT2D eigenvalue weighted by molar-refractivity contribution is 0.564. The van der Waals surface area contributed by atoms with Crippen LogP contribution in [0.1, 0.15) is 19.8 Å². The highest BCUT2D eigenvalue weighted by Crippen LogP contribution is 2.17. The lowest BCUT2D eigenvalue weighted by Crippen LogP contribution is -2.25. The van der Waals surface area contributed by atoms with Crippen LogP contribution >= 0.6 is 15.9 Å². The molecule has 0 spiro atoms. The molecule has 1 aromatic heterocycles. The molecule has 0 saturated carbocycles. The van der Waals surface area contributed by atoms with Crippen LogP contribution in [0.4, 0.5) is 5.69 Å². The molecular formula is C12H19BrN4O. The van der Waals surface area contributed by atoms with Crippen LogP contribution in [0.2, 0.25) is 0 Å². The third-order valence-corrected chi connectivity index (χ3v) is 3.93. The first-order chi connectivity index (χ1) is 8.72. The molecule has 1 fully saturated rings. The number of aryl methyl sites for hydroxylation is 1. The van der Waals surface area contributed by atoms with Gasteiger partial charge in [0.1, 0.15) is 4.47 Å². The molecule has 100 valence electrons. The van der Waals surface area contributed by atoms with E-state index in [1.54, 1.807) is 6.20 Å². The van der Waals surface area contributed by atoms with Crippen molar-refractivity contribution in [1.82, 2.24) is 15.1 Å². The van der Waals surface area contributed by atoms with E-state index < -0.39 is 0 Å². The molecule has 1 saturated heterocycles. The number of anilines is 1. The molecule has 1 aliphatic heterocycles. The first-order valence-corrected chi connectivity index (χ1v) is 7.22. The van der Waals surface area contributed by atoms with Gasteiger partial charge in [0.05, 0.1) is 11.9 Å². The summed E-state index contributed by atoms with van der Waals surface area (Å²) in [4.78, 5) is 12.0. The fourth-order valence-corrected chi connectivity index (χ4v) is 2.55. The highest BCUT2D eigenvalue weighted by atomic mass is 79.9. The molecule has 0 aromatic carbocycles. The van der Waals surface area contributed by atoms with Gasteiger partial charge in [-0.15, -0.1) is 0 Å². The first kappa shape index (κ1) is 13.5. The zero-order valence-electron chi connectivity index (χ0n) is 10.6. The van der Waals surface area contributed by atoms with Crippen LogP contribution in [-0.2, 0) is 6.54 Å². The van der Waals surface area contributed by atoms with Gasteiger partial charge in [0.15, 0.2) is 0 Å². The number of aromatic nitrogens is 2. The maximum Gasteiger partial charge on any atom is 0.283 e. The fraction of sp³-hybridized carbons (Fsp3) is 0.667. The van der Waals surface area contributed by atoms with Crippen molar-refractivity contribution in [2.24, 2.45) is 5.92 Å². The third kappa shape index (κ3) is 3.11. The molecule has 1 unspecified atom stereocenters. The van der Waals surface area contributed by atoms with Crippen molar-refractivity contribution in [3.05, 3.63) is 21.0 Å². The van der Waals surface area contributed by atoms with E-state index in [4.69, 9.17) is 0 Å². The van der Waals surface area contributed by atoms with Crippen molar-refractivity contribution in [3.63, 3.8) is 0 Å². The van der Waals surface area contributed by atoms with Crippen molar-refractivity contribution < 1.29 is 0 Å². The summed E-state index contributed by atoms with van der Waals surface area (Å²) >= 11 is 3.36. The number of halogens is 1. The van der Waals surface area contributed by atoms with Crippen LogP contribution in [0.5, 0.6) is 0 Å². The normalized spacial score (nSPS) is 19.1. The Balaban J connectivity index is 2.04. The molecule has 0 radical (unpaired) electrons. The lowest BCUT2D eigenvalue weighted by Gasteiger charge is -2.13. The number of hydrogen-bond donors (Lipinski definition) is 2. The summed E-state index contributed by atoms with van der Waals surface area (Å²) < 4.78 is 2.07. The van der Waals surface area contributed by atoms with Crippen LogP contribution in [-0.4, -0.2) is 29.4 Å². The van der Waals surface area contributed by atoms with Crippen LogP contribution < -0.4 is 16.2 Å². The van der Waals surface area contributed by atoms with Crippen LogP contribution in [0.15, 0.2) is 15.5 Å². The molecule has 5 nitrogen and oxygen atoms in total. The molecule has 18 heavy (non-hydrogen) atoms. The van der Waals surface area contributed by atoms with Gasteiger partial charge in [0.2, 0.25) is 0 Å². The third-order valence-electron chi connectivity index (χ3n) is 3.16. The smallest absolute Gasteiger partial charge is 0.283 e. The topological polar surface area (TPSA) is 59.0 Å². The van der Waals surface area contributed by atoms with E-state index in [1.165, 1.54) is 11.1 Å². The summed E-state index contributed by atoms with van der Waals surface area (Å²) in [6.45, 7) is 5.70. The molecule has 0 amide bonds. The number of hydrogen-bond acceptors (Lipinski definition) is 4. The molecule has 1 aliphatic rings. The molecule has 1 aromatic rings. The minimum absolute atomic E-state index is 0.0635. The molecule has 0 aliphatic carbocycles. The Kier molecular flexibility index (Phi) is 4.77. The fourth-order valence-electron chi connectivity index (χ4n) is 2.10. The average molecular weight is 315 g/mol. The van der Waals surface area contributed by atoms with Crippen molar-refractivity contribution in [2.45, 2.75) is 26.3 Å². The van der Waals surface area contributed by atoms with E-state index >= 15 is 0 Å². The number of nitrogens with one attached hydrogen (secondary N) is 2. The Morgan fingerprint density at radius 3 is 3.17 bits per heavy atom. The van der Waals surface area contributed by atoms with E-state index in [0.29, 0.717) is 16.9 Å². The molecular weight excluding hydrogens is 296 g/mol. The molecule has 1 atom stereocenters. The lowest BCUT2D eigenvalue weighted by atomic mass is 10.1. The Hall–Kier alpha value is -0.880. The van der Waals surface area contributed by atoms with Crippen LogP contribution in [0.25, 0.3) is 0 Å². The largest absolute Gasteiger partial charge is 0.382 e. The Bertz CT molecular complexity index is 454. The molecule has 6 heteroatoms. The highest BCUT2D eigenvalue weighted by Gasteiger charge is 2.15. The summed E-state index contributed by atoms with van der Waals surface area (Å²) in [5.74, 6) is 0.634. The monoisotopic (exact) mass is 314 g/mol. The maximum absolute atomic E-state index is 12.0. The summed E-state index contributed by atoms with van der Waals surface area (Å²) in [6.07, 6.45) is 3.81. The molecule has 2 rings (SSSR count). The van der Waals surface area contributed by atoms with Gasteiger partial charge in [-0.2, -0.15) is 5.10 Å². The minimum atomic E-state index is -0.0635. The zero-order chi connectivity index (χ0) is 13.0. The first-order valence-electron chi connectivity index (χ1n) is 6.42. The second kappa shape index (κ2) is 6.33. The second-order valence-electron chi connectivity index (χ2n) is 4.64. The van der Waals surface area contributed by atoms with Gasteiger partial charge in [-0.25, -0.2) is 4.68 Å². The predicted molar refractivity (Wildman–Crippen MR) is 76.0 cm³/mol. The van der Waals surface area contributed by atoms with Crippen molar-refractivity contribution in [3.8, 4) is 0 Å². The van der Waals surface area contributed by atoms with Crippen molar-refractivity contribution >= 4 is 21.6 Å². The van der Waals surface area contributed by atoms with Gasteiger partial charge in [-0.05, 0) is 47.8 Å².